The molecule has 0 spiro atoms. The largest absolute Gasteiger partial charge is 0.496 e. The van der Waals surface area contributed by atoms with Gasteiger partial charge in [-0.05, 0) is 31.5 Å². The fourth-order valence-electron chi connectivity index (χ4n) is 4.45. The molecule has 2 N–H and O–H groups in total. The van der Waals surface area contributed by atoms with E-state index in [1.54, 1.807) is 12.1 Å². The van der Waals surface area contributed by atoms with Crippen LogP contribution in [0.25, 0.3) is 11.3 Å². The van der Waals surface area contributed by atoms with Crippen LogP contribution in [0.15, 0.2) is 30.5 Å². The van der Waals surface area contributed by atoms with E-state index in [2.05, 4.69) is 15.0 Å². The maximum Gasteiger partial charge on any atom is 0.260 e. The minimum atomic E-state index is -0.645. The number of halogens is 1. The standard InChI is InChI=1S/C24H22FN7O2/c1-13-7-20(30-24(29-13)31-6-4-15(27)11-31)32-12-17-16(23(32)33)3-5-28-22(17)21-18(25)8-14(10-26)9-19(21)34-2/h3,5,7-9,15H,4,6,11-12,27H2,1-2H3. The van der Waals surface area contributed by atoms with E-state index in [0.717, 1.165) is 24.7 Å². The van der Waals surface area contributed by atoms with Gasteiger partial charge in [0.15, 0.2) is 0 Å². The average molecular weight is 459 g/mol. The second-order valence-corrected chi connectivity index (χ2v) is 8.39. The third kappa shape index (κ3) is 3.60. The van der Waals surface area contributed by atoms with E-state index >= 15 is 4.39 Å². The zero-order chi connectivity index (χ0) is 24.0. The summed E-state index contributed by atoms with van der Waals surface area (Å²) in [6.45, 7) is 3.42. The van der Waals surface area contributed by atoms with E-state index in [-0.39, 0.29) is 35.4 Å². The van der Waals surface area contributed by atoms with E-state index in [1.165, 1.54) is 24.3 Å². The van der Waals surface area contributed by atoms with E-state index in [0.29, 0.717) is 35.1 Å². The molecule has 2 aliphatic rings. The van der Waals surface area contributed by atoms with Crippen LogP contribution in [0.5, 0.6) is 5.75 Å². The Morgan fingerprint density at radius 1 is 1.29 bits per heavy atom. The molecule has 0 radical (unpaired) electrons. The van der Waals surface area contributed by atoms with Crippen LogP contribution in [0, 0.1) is 24.1 Å². The third-order valence-electron chi connectivity index (χ3n) is 6.10. The van der Waals surface area contributed by atoms with Crippen LogP contribution >= 0.6 is 0 Å². The molecule has 0 bridgehead atoms. The van der Waals surface area contributed by atoms with Crippen molar-refractivity contribution in [2.24, 2.45) is 5.73 Å². The molecule has 1 atom stereocenters. The van der Waals surface area contributed by atoms with Crippen molar-refractivity contribution in [1.29, 1.82) is 5.26 Å². The molecule has 0 saturated carbocycles. The monoisotopic (exact) mass is 459 g/mol. The van der Waals surface area contributed by atoms with Crippen LogP contribution in [0.1, 0.15) is 33.6 Å². The van der Waals surface area contributed by atoms with Gasteiger partial charge in [0.05, 0.1) is 36.5 Å². The molecular weight excluding hydrogens is 437 g/mol. The number of carbonyl (C=O) groups excluding carboxylic acids is 1. The number of aryl methyl sites for hydroxylation is 1. The lowest BCUT2D eigenvalue weighted by Crippen LogP contribution is -2.29. The van der Waals surface area contributed by atoms with E-state index < -0.39 is 5.82 Å². The smallest absolute Gasteiger partial charge is 0.260 e. The van der Waals surface area contributed by atoms with E-state index in [1.807, 2.05) is 17.9 Å². The summed E-state index contributed by atoms with van der Waals surface area (Å²) in [5.41, 5.74) is 8.28. The van der Waals surface area contributed by atoms with Gasteiger partial charge in [-0.2, -0.15) is 10.2 Å². The van der Waals surface area contributed by atoms with Crippen molar-refractivity contribution in [3.8, 4) is 23.1 Å². The minimum absolute atomic E-state index is 0.0659. The zero-order valence-electron chi connectivity index (χ0n) is 18.7. The summed E-state index contributed by atoms with van der Waals surface area (Å²) < 4.78 is 20.4. The summed E-state index contributed by atoms with van der Waals surface area (Å²) in [5.74, 6) is 0.267. The maximum atomic E-state index is 15.1. The lowest BCUT2D eigenvalue weighted by atomic mass is 10.00. The Kier molecular flexibility index (Phi) is 5.34. The molecule has 1 amide bonds. The number of hydrogen-bond donors (Lipinski definition) is 1. The minimum Gasteiger partial charge on any atom is -0.496 e. The van der Waals surface area contributed by atoms with Crippen LogP contribution in [0.2, 0.25) is 0 Å². The van der Waals surface area contributed by atoms with Crippen LogP contribution in [0.3, 0.4) is 0 Å². The molecule has 0 aliphatic carbocycles. The number of pyridine rings is 1. The number of nitrogens with zero attached hydrogens (tertiary/aromatic N) is 6. The number of anilines is 2. The fraction of sp³-hybridized carbons (Fsp3) is 0.292. The molecule has 1 saturated heterocycles. The highest BCUT2D eigenvalue weighted by Gasteiger charge is 2.34. The maximum absolute atomic E-state index is 15.1. The average Bonchev–Trinajstić information content (AvgIpc) is 3.41. The first kappa shape index (κ1) is 21.7. The molecular formula is C24H22FN7O2. The Bertz CT molecular complexity index is 1350. The number of nitriles is 1. The predicted octanol–water partition coefficient (Wildman–Crippen LogP) is 2.56. The van der Waals surface area contributed by atoms with Gasteiger partial charge in [-0.1, -0.05) is 0 Å². The Hall–Kier alpha value is -4.10. The number of fused-ring (bicyclic) bond motifs is 1. The summed E-state index contributed by atoms with van der Waals surface area (Å²) in [6, 6.07) is 7.93. The number of carbonyl (C=O) groups is 1. The van der Waals surface area contributed by atoms with Crippen molar-refractivity contribution in [2.75, 3.05) is 30.0 Å². The molecule has 1 unspecified atom stereocenters. The Morgan fingerprint density at radius 3 is 2.82 bits per heavy atom. The van der Waals surface area contributed by atoms with Crippen LogP contribution in [-0.2, 0) is 6.54 Å². The molecule has 2 aliphatic heterocycles. The summed E-state index contributed by atoms with van der Waals surface area (Å²) in [4.78, 5) is 30.5. The number of amides is 1. The van der Waals surface area contributed by atoms with Gasteiger partial charge in [0, 0.05) is 48.2 Å². The second-order valence-electron chi connectivity index (χ2n) is 8.39. The third-order valence-corrected chi connectivity index (χ3v) is 6.10. The number of nitrogens with two attached hydrogens (primary N) is 1. The van der Waals surface area contributed by atoms with Gasteiger partial charge in [-0.25, -0.2) is 9.37 Å². The zero-order valence-corrected chi connectivity index (χ0v) is 18.7. The first-order valence-corrected chi connectivity index (χ1v) is 10.8. The highest BCUT2D eigenvalue weighted by atomic mass is 19.1. The van der Waals surface area contributed by atoms with Crippen LogP contribution in [-0.4, -0.2) is 47.1 Å². The molecule has 34 heavy (non-hydrogen) atoms. The van der Waals surface area contributed by atoms with Crippen molar-refractivity contribution in [3.05, 3.63) is 58.7 Å². The van der Waals surface area contributed by atoms with Crippen molar-refractivity contribution in [2.45, 2.75) is 25.9 Å². The van der Waals surface area contributed by atoms with Crippen molar-refractivity contribution in [3.63, 3.8) is 0 Å². The lowest BCUT2D eigenvalue weighted by Gasteiger charge is -2.20. The topological polar surface area (TPSA) is 121 Å². The first-order valence-electron chi connectivity index (χ1n) is 10.8. The number of methoxy groups -OCH3 is 1. The van der Waals surface area contributed by atoms with Gasteiger partial charge in [0.25, 0.3) is 5.91 Å². The molecule has 9 nitrogen and oxygen atoms in total. The van der Waals surface area contributed by atoms with Crippen LogP contribution in [0.4, 0.5) is 16.2 Å². The Labute approximate surface area is 195 Å². The van der Waals surface area contributed by atoms with Crippen molar-refractivity contribution < 1.29 is 13.9 Å². The summed E-state index contributed by atoms with van der Waals surface area (Å²) in [7, 11) is 1.40. The van der Waals surface area contributed by atoms with Crippen molar-refractivity contribution in [1.82, 2.24) is 15.0 Å². The number of aromatic nitrogens is 3. The summed E-state index contributed by atoms with van der Waals surface area (Å²) in [6.07, 6.45) is 2.32. The Balaban J connectivity index is 1.56. The lowest BCUT2D eigenvalue weighted by molar-refractivity contribution is 0.0996. The van der Waals surface area contributed by atoms with Gasteiger partial charge in [0.1, 0.15) is 17.4 Å². The SMILES string of the molecule is COc1cc(C#N)cc(F)c1-c1nccc2c1CN(c1cc(C)nc(N3CCC(N)C3)n1)C2=O. The highest BCUT2D eigenvalue weighted by Crippen LogP contribution is 2.39. The molecule has 1 fully saturated rings. The number of benzene rings is 1. The van der Waals surface area contributed by atoms with Crippen LogP contribution < -0.4 is 20.3 Å². The fourth-order valence-corrected chi connectivity index (χ4v) is 4.45. The number of ether oxygens (including phenoxy) is 1. The molecule has 3 aromatic rings. The summed E-state index contributed by atoms with van der Waals surface area (Å²) >= 11 is 0. The van der Waals surface area contributed by atoms with Gasteiger partial charge < -0.3 is 15.4 Å². The van der Waals surface area contributed by atoms with E-state index in [4.69, 9.17) is 10.5 Å². The van der Waals surface area contributed by atoms with Crippen molar-refractivity contribution >= 4 is 17.7 Å². The van der Waals surface area contributed by atoms with E-state index in [9.17, 15) is 10.1 Å². The highest BCUT2D eigenvalue weighted by molar-refractivity contribution is 6.10. The first-order chi connectivity index (χ1) is 16.4. The summed E-state index contributed by atoms with van der Waals surface area (Å²) in [5, 5.41) is 9.17. The van der Waals surface area contributed by atoms with Gasteiger partial charge in [-0.15, -0.1) is 0 Å². The quantitative estimate of drug-likeness (QED) is 0.632. The van der Waals surface area contributed by atoms with Gasteiger partial charge in [0.2, 0.25) is 5.95 Å². The second kappa shape index (κ2) is 8.35. The molecule has 2 aromatic heterocycles. The number of hydrogen-bond acceptors (Lipinski definition) is 8. The molecule has 4 heterocycles. The molecule has 1 aromatic carbocycles. The number of rotatable bonds is 4. The molecule has 172 valence electrons. The normalized spacial score (nSPS) is 17.1. The predicted molar refractivity (Wildman–Crippen MR) is 123 cm³/mol. The molecule has 10 heteroatoms. The van der Waals surface area contributed by atoms with Gasteiger partial charge >= 0.3 is 0 Å². The van der Waals surface area contributed by atoms with Gasteiger partial charge in [-0.3, -0.25) is 14.7 Å². The molecule has 5 rings (SSSR count). The Morgan fingerprint density at radius 2 is 2.12 bits per heavy atom.